The zero-order valence-corrected chi connectivity index (χ0v) is 59.8. The van der Waals surface area contributed by atoms with E-state index in [4.69, 9.17) is 9.47 Å². The molecule has 10 rings (SSSR count). The number of methoxy groups -OCH3 is 1. The lowest BCUT2D eigenvalue weighted by molar-refractivity contribution is -0.233. The number of esters is 1. The van der Waals surface area contributed by atoms with Crippen LogP contribution in [0.25, 0.3) is 0 Å². The lowest BCUT2D eigenvalue weighted by Crippen LogP contribution is -2.67. The van der Waals surface area contributed by atoms with E-state index in [0.717, 1.165) is 116 Å². The zero-order chi connectivity index (χ0) is 66.7. The van der Waals surface area contributed by atoms with Gasteiger partial charge in [-0.2, -0.15) is 0 Å². The van der Waals surface area contributed by atoms with E-state index in [1.54, 1.807) is 20.8 Å². The molecule has 91 heavy (non-hydrogen) atoms. The number of ether oxygens (including phenoxy) is 2. The van der Waals surface area contributed by atoms with E-state index < -0.39 is 46.5 Å². The number of hydrogen-bond acceptors (Lipinski definition) is 9. The van der Waals surface area contributed by atoms with Crippen molar-refractivity contribution in [1.82, 2.24) is 21.3 Å². The van der Waals surface area contributed by atoms with Crippen LogP contribution in [0.3, 0.4) is 0 Å². The first kappa shape index (κ1) is 69.8. The molecule has 0 aromatic heterocycles. The second-order valence-corrected chi connectivity index (χ2v) is 36.3. The Morgan fingerprint density at radius 3 is 1.32 bits per heavy atom. The summed E-state index contributed by atoms with van der Waals surface area (Å²) in [7, 11) is 1.31. The summed E-state index contributed by atoms with van der Waals surface area (Å²) in [5.74, 6) is 3.73. The molecule has 0 saturated heterocycles. The summed E-state index contributed by atoms with van der Waals surface area (Å²) in [6.07, 6.45) is 21.7. The van der Waals surface area contributed by atoms with Crippen LogP contribution in [0.4, 0.5) is 4.79 Å². The Balaban J connectivity index is 0.747. The summed E-state index contributed by atoms with van der Waals surface area (Å²) >= 11 is 0. The molecule has 0 spiro atoms. The van der Waals surface area contributed by atoms with Gasteiger partial charge in [-0.05, 0) is 280 Å². The molecule has 4 amide bonds. The number of unbranched alkanes of at least 4 members (excludes halogenated alkanes) is 2. The molecule has 4 N–H and O–H groups in total. The molecule has 13 heteroatoms. The number of nitrogens with one attached hydrogen (secondary N) is 4. The van der Waals surface area contributed by atoms with Gasteiger partial charge in [0.15, 0.2) is 0 Å². The molecule has 20 atom stereocenters. The Morgan fingerprint density at radius 1 is 0.505 bits per heavy atom. The molecule has 0 radical (unpaired) electrons. The topological polar surface area (TPSA) is 186 Å². The van der Waals surface area contributed by atoms with Crippen molar-refractivity contribution >= 4 is 41.4 Å². The van der Waals surface area contributed by atoms with Crippen LogP contribution in [0, 0.1) is 113 Å². The fourth-order valence-electron chi connectivity index (χ4n) is 25.8. The summed E-state index contributed by atoms with van der Waals surface area (Å²) in [6.45, 7) is 43.9. The fraction of sp³-hybridized carbons (Fsp3) is 0.859. The Bertz CT molecular complexity index is 2890. The predicted molar refractivity (Wildman–Crippen MR) is 359 cm³/mol. The molecular weight excluding hydrogens is 1140 g/mol. The van der Waals surface area contributed by atoms with Crippen LogP contribution in [0.1, 0.15) is 271 Å². The molecule has 10 fully saturated rings. The molecule has 13 nitrogen and oxygen atoms in total. The van der Waals surface area contributed by atoms with Gasteiger partial charge in [-0.15, -0.1) is 0 Å². The van der Waals surface area contributed by atoms with E-state index in [9.17, 15) is 28.8 Å². The van der Waals surface area contributed by atoms with E-state index in [1.165, 1.54) is 18.3 Å². The summed E-state index contributed by atoms with van der Waals surface area (Å²) in [6, 6.07) is -2.00. The number of Topliss-reactive ketones (excluding diaryl/α,β-unsaturated/α-hetero) is 2. The smallest absolute Gasteiger partial charge is 0.408 e. The van der Waals surface area contributed by atoms with Gasteiger partial charge in [0, 0.05) is 36.8 Å². The van der Waals surface area contributed by atoms with Crippen molar-refractivity contribution in [3.05, 3.63) is 24.3 Å². The van der Waals surface area contributed by atoms with Gasteiger partial charge in [0.2, 0.25) is 17.7 Å². The maximum Gasteiger partial charge on any atom is 0.408 e. The second kappa shape index (κ2) is 24.6. The fourth-order valence-corrected chi connectivity index (χ4v) is 25.8. The molecular formula is C78H124N4O9. The largest absolute Gasteiger partial charge is 0.467 e. The van der Waals surface area contributed by atoms with Crippen molar-refractivity contribution in [2.45, 2.75) is 288 Å². The zero-order valence-electron chi connectivity index (χ0n) is 59.8. The third-order valence-corrected chi connectivity index (χ3v) is 30.8. The highest BCUT2D eigenvalue weighted by Crippen LogP contribution is 2.80. The van der Waals surface area contributed by atoms with Crippen LogP contribution in [0.2, 0.25) is 0 Å². The third-order valence-electron chi connectivity index (χ3n) is 30.8. The monoisotopic (exact) mass is 1260 g/mol. The Kier molecular flexibility index (Phi) is 18.8. The van der Waals surface area contributed by atoms with Crippen LogP contribution in [0.15, 0.2) is 24.3 Å². The first-order valence-electron chi connectivity index (χ1n) is 36.7. The number of carbonyl (C=O) groups excluding carboxylic acids is 7. The standard InChI is InChI=1S/C78H124N4O9/c1-47(2)49-29-39-77(43-41-73(14)51(61(49)77)25-27-57-71(12)35-33-59(83)69(8,9)55(71)31-37-75(57,73)16)65(87)79-45-21-19-23-53(82-67(89)91-68(5,6)7)63(85)81-54(64(86)90-18)24-20-22-46-80-66(88)78-40-30-50(48(3)4)62(78)52-26-28-58-72(13)36-34-60(84)70(10,11)56(72)32-38-76(58,17)74(52,15)42-44-78/h49-58,61-62H,1,3,19-46H2,2,4-18H3,(H,79,87)(H,80,88)(H,81,85)(H,82,89)/t49?,50?,51-,52+,53?,54?,55+,56-,57-,58+,61?,62?,71+,72-,73-,74+,75-,76+,77?,78?/m0/s1. The van der Waals surface area contributed by atoms with Gasteiger partial charge < -0.3 is 30.7 Å². The molecule has 0 heterocycles. The maximum absolute atomic E-state index is 15.0. The molecule has 0 aliphatic heterocycles. The number of amides is 4. The lowest BCUT2D eigenvalue weighted by Gasteiger charge is -2.72. The van der Waals surface area contributed by atoms with E-state index in [0.29, 0.717) is 98.7 Å². The summed E-state index contributed by atoms with van der Waals surface area (Å²) in [5.41, 5.74) is 0.613. The first-order chi connectivity index (χ1) is 42.4. The Labute approximate surface area is 549 Å². The van der Waals surface area contributed by atoms with Gasteiger partial charge >= 0.3 is 12.1 Å². The van der Waals surface area contributed by atoms with Crippen molar-refractivity contribution in [1.29, 1.82) is 0 Å². The van der Waals surface area contributed by atoms with E-state index in [1.807, 2.05) is 0 Å². The molecule has 10 saturated carbocycles. The minimum atomic E-state index is -1.02. The average Bonchev–Trinajstić information content (AvgIpc) is 1.59. The highest BCUT2D eigenvalue weighted by Gasteiger charge is 2.74. The number of hydrogen-bond donors (Lipinski definition) is 4. The third kappa shape index (κ3) is 11.2. The number of allylic oxidation sites excluding steroid dienone is 2. The SMILES string of the molecule is C=C(C)C1CCC2(C(=O)NCCCCC(NC(=O)C(CCCCNC(=O)C34CCC(C(=C)C)C3[C@@H]3CC[C@H]5[C@]6(C)CCC(=O)C(C)(C)[C@H]6CC[C@]5(C)[C@@]3(C)CC4)NC(=O)OC(C)(C)C)C(=O)OC)CC[C@]3(C)[C@H](CC[C@@H]4[C@@]5(C)CCC(=O)C(C)(C)[C@@H]5CC[C@]43C)C12. The van der Waals surface area contributed by atoms with Crippen molar-refractivity contribution < 1.29 is 43.0 Å². The van der Waals surface area contributed by atoms with Gasteiger partial charge in [0.25, 0.3) is 0 Å². The summed E-state index contributed by atoms with van der Waals surface area (Å²) in [5, 5.41) is 12.6. The van der Waals surface area contributed by atoms with Gasteiger partial charge in [-0.25, -0.2) is 9.59 Å². The first-order valence-corrected chi connectivity index (χ1v) is 36.7. The van der Waals surface area contributed by atoms with Crippen molar-refractivity contribution in [2.24, 2.45) is 113 Å². The van der Waals surface area contributed by atoms with Crippen LogP contribution in [0.5, 0.6) is 0 Å². The van der Waals surface area contributed by atoms with Crippen molar-refractivity contribution in [2.75, 3.05) is 20.2 Å². The van der Waals surface area contributed by atoms with Crippen LogP contribution in [-0.4, -0.2) is 79.2 Å². The molecule has 0 bridgehead atoms. The van der Waals surface area contributed by atoms with E-state index in [-0.39, 0.29) is 91.6 Å². The van der Waals surface area contributed by atoms with Crippen LogP contribution in [-0.2, 0) is 38.2 Å². The average molecular weight is 1260 g/mol. The normalized spacial score (nSPS) is 42.3. The maximum atomic E-state index is 15.0. The Morgan fingerprint density at radius 2 is 0.923 bits per heavy atom. The highest BCUT2D eigenvalue weighted by molar-refractivity contribution is 5.90. The molecule has 0 aromatic carbocycles. The number of rotatable bonds is 18. The molecule has 8 unspecified atom stereocenters. The van der Waals surface area contributed by atoms with Crippen molar-refractivity contribution in [3.63, 3.8) is 0 Å². The molecule has 510 valence electrons. The Hall–Kier alpha value is -4.03. The number of alkyl carbamates (subject to hydrolysis) is 1. The van der Waals surface area contributed by atoms with Gasteiger partial charge in [-0.3, -0.25) is 24.0 Å². The number of carbonyl (C=O) groups is 7. The van der Waals surface area contributed by atoms with Gasteiger partial charge in [0.05, 0.1) is 17.9 Å². The van der Waals surface area contributed by atoms with E-state index >= 15 is 4.79 Å². The molecule has 10 aliphatic carbocycles. The number of fused-ring (bicyclic) bond motifs is 14. The van der Waals surface area contributed by atoms with Crippen LogP contribution >= 0.6 is 0 Å². The van der Waals surface area contributed by atoms with Gasteiger partial charge in [-0.1, -0.05) is 93.5 Å². The summed E-state index contributed by atoms with van der Waals surface area (Å²) in [4.78, 5) is 98.0. The van der Waals surface area contributed by atoms with Crippen LogP contribution < -0.4 is 21.3 Å². The predicted octanol–water partition coefficient (Wildman–Crippen LogP) is 15.6. The minimum absolute atomic E-state index is 0.0624. The molecule has 10 aliphatic rings. The lowest BCUT2D eigenvalue weighted by atomic mass is 9.32. The van der Waals surface area contributed by atoms with Gasteiger partial charge in [0.1, 0.15) is 29.3 Å². The second-order valence-electron chi connectivity index (χ2n) is 36.3. The summed E-state index contributed by atoms with van der Waals surface area (Å²) < 4.78 is 10.9. The minimum Gasteiger partial charge on any atom is -0.467 e. The highest BCUT2D eigenvalue weighted by atomic mass is 16.6. The quantitative estimate of drug-likeness (QED) is 0.0589. The van der Waals surface area contributed by atoms with E-state index in [2.05, 4.69) is 118 Å². The van der Waals surface area contributed by atoms with Crippen molar-refractivity contribution in [3.8, 4) is 0 Å². The number of ketones is 2. The molecule has 0 aromatic rings.